The van der Waals surface area contributed by atoms with Crippen molar-refractivity contribution < 1.29 is 4.74 Å². The second-order valence-electron chi connectivity index (χ2n) is 4.22. The lowest BCUT2D eigenvalue weighted by Gasteiger charge is -2.03. The number of thiophene rings is 1. The van der Waals surface area contributed by atoms with E-state index < -0.39 is 0 Å². The topological polar surface area (TPSA) is 61.0 Å². The number of hydrogen-bond acceptors (Lipinski definition) is 5. The first-order chi connectivity index (χ1) is 8.70. The average Bonchev–Trinajstić information content (AvgIpc) is 2.69. The molecule has 0 unspecified atom stereocenters. The van der Waals surface area contributed by atoms with Crippen LogP contribution in [0.25, 0.3) is 20.4 Å². The van der Waals surface area contributed by atoms with E-state index in [0.29, 0.717) is 6.61 Å². The molecule has 0 aliphatic rings. The van der Waals surface area contributed by atoms with E-state index in [1.807, 2.05) is 19.1 Å². The van der Waals surface area contributed by atoms with Gasteiger partial charge in [0.25, 0.3) is 0 Å². The number of aromatic nitrogens is 2. The number of rotatable bonds is 2. The molecule has 3 aromatic heterocycles. The Kier molecular flexibility index (Phi) is 2.65. The SMILES string of the molecule is COCc1cc(C)nc2sc3c(N)ccnc3c12. The van der Waals surface area contributed by atoms with Crippen molar-refractivity contribution in [1.82, 2.24) is 9.97 Å². The third-order valence-corrected chi connectivity index (χ3v) is 3.99. The van der Waals surface area contributed by atoms with Crippen LogP contribution in [0.5, 0.6) is 0 Å². The second-order valence-corrected chi connectivity index (χ2v) is 5.21. The van der Waals surface area contributed by atoms with Crippen molar-refractivity contribution in [2.75, 3.05) is 12.8 Å². The maximum atomic E-state index is 5.99. The normalized spacial score (nSPS) is 11.4. The van der Waals surface area contributed by atoms with Crippen LogP contribution in [0.1, 0.15) is 11.3 Å². The minimum atomic E-state index is 0.558. The van der Waals surface area contributed by atoms with Gasteiger partial charge >= 0.3 is 0 Å². The molecule has 0 spiro atoms. The first-order valence-corrected chi connectivity index (χ1v) is 6.44. The third kappa shape index (κ3) is 1.63. The fraction of sp³-hybridized carbons (Fsp3) is 0.231. The number of ether oxygens (including phenoxy) is 1. The van der Waals surface area contributed by atoms with Crippen LogP contribution in [0.4, 0.5) is 5.69 Å². The van der Waals surface area contributed by atoms with Crippen molar-refractivity contribution in [1.29, 1.82) is 0 Å². The molecule has 18 heavy (non-hydrogen) atoms. The summed E-state index contributed by atoms with van der Waals surface area (Å²) in [5.41, 5.74) is 9.77. The molecule has 5 heteroatoms. The fourth-order valence-corrected chi connectivity index (χ4v) is 3.30. The number of aryl methyl sites for hydroxylation is 1. The van der Waals surface area contributed by atoms with E-state index in [0.717, 1.165) is 37.4 Å². The Balaban J connectivity index is 2.47. The number of pyridine rings is 2. The monoisotopic (exact) mass is 259 g/mol. The number of fused-ring (bicyclic) bond motifs is 3. The summed E-state index contributed by atoms with van der Waals surface area (Å²) < 4.78 is 6.26. The summed E-state index contributed by atoms with van der Waals surface area (Å²) in [5.74, 6) is 0. The van der Waals surface area contributed by atoms with Crippen molar-refractivity contribution in [2.45, 2.75) is 13.5 Å². The van der Waals surface area contributed by atoms with E-state index in [4.69, 9.17) is 10.5 Å². The summed E-state index contributed by atoms with van der Waals surface area (Å²) in [6.45, 7) is 2.54. The Morgan fingerprint density at radius 2 is 2.28 bits per heavy atom. The molecular formula is C13H13N3OS. The van der Waals surface area contributed by atoms with Gasteiger partial charge in [-0.3, -0.25) is 4.98 Å². The van der Waals surface area contributed by atoms with E-state index in [1.54, 1.807) is 24.6 Å². The molecule has 0 saturated heterocycles. The van der Waals surface area contributed by atoms with Crippen molar-refractivity contribution >= 4 is 37.5 Å². The van der Waals surface area contributed by atoms with Crippen LogP contribution in [-0.2, 0) is 11.3 Å². The van der Waals surface area contributed by atoms with E-state index in [-0.39, 0.29) is 0 Å². The van der Waals surface area contributed by atoms with Crippen molar-refractivity contribution in [3.8, 4) is 0 Å². The van der Waals surface area contributed by atoms with Gasteiger partial charge in [-0.15, -0.1) is 11.3 Å². The van der Waals surface area contributed by atoms with Gasteiger partial charge in [0.05, 0.1) is 22.5 Å². The van der Waals surface area contributed by atoms with Crippen molar-refractivity contribution in [3.63, 3.8) is 0 Å². The smallest absolute Gasteiger partial charge is 0.126 e. The zero-order valence-corrected chi connectivity index (χ0v) is 11.0. The maximum Gasteiger partial charge on any atom is 0.126 e. The highest BCUT2D eigenvalue weighted by atomic mass is 32.1. The van der Waals surface area contributed by atoms with Crippen LogP contribution in [-0.4, -0.2) is 17.1 Å². The number of hydrogen-bond donors (Lipinski definition) is 1. The maximum absolute atomic E-state index is 5.99. The second kappa shape index (κ2) is 4.19. The molecule has 0 aliphatic carbocycles. The lowest BCUT2D eigenvalue weighted by atomic mass is 10.1. The van der Waals surface area contributed by atoms with Crippen molar-refractivity contribution in [3.05, 3.63) is 29.6 Å². The van der Waals surface area contributed by atoms with Crippen LogP contribution < -0.4 is 5.73 Å². The summed E-state index contributed by atoms with van der Waals surface area (Å²) in [5, 5.41) is 1.06. The minimum absolute atomic E-state index is 0.558. The average molecular weight is 259 g/mol. The molecule has 3 heterocycles. The third-order valence-electron chi connectivity index (χ3n) is 2.87. The molecule has 0 aliphatic heterocycles. The van der Waals surface area contributed by atoms with Gasteiger partial charge in [-0.2, -0.15) is 0 Å². The molecule has 0 atom stereocenters. The predicted molar refractivity (Wildman–Crippen MR) is 74.8 cm³/mol. The first kappa shape index (κ1) is 11.4. The summed E-state index contributed by atoms with van der Waals surface area (Å²) in [6.07, 6.45) is 1.74. The molecule has 0 saturated carbocycles. The summed E-state index contributed by atoms with van der Waals surface area (Å²) in [7, 11) is 1.69. The highest BCUT2D eigenvalue weighted by molar-refractivity contribution is 7.26. The first-order valence-electron chi connectivity index (χ1n) is 5.63. The lowest BCUT2D eigenvalue weighted by Crippen LogP contribution is -1.92. The van der Waals surface area contributed by atoms with Gasteiger partial charge in [-0.25, -0.2) is 4.98 Å². The highest BCUT2D eigenvalue weighted by Gasteiger charge is 2.14. The van der Waals surface area contributed by atoms with Crippen LogP contribution in [0, 0.1) is 6.92 Å². The Bertz CT molecular complexity index is 736. The number of nitrogen functional groups attached to an aromatic ring is 1. The van der Waals surface area contributed by atoms with Gasteiger partial charge < -0.3 is 10.5 Å². The van der Waals surface area contributed by atoms with Gasteiger partial charge in [0.15, 0.2) is 0 Å². The molecule has 0 amide bonds. The lowest BCUT2D eigenvalue weighted by molar-refractivity contribution is 0.186. The molecule has 0 aromatic carbocycles. The van der Waals surface area contributed by atoms with Gasteiger partial charge in [-0.05, 0) is 24.6 Å². The van der Waals surface area contributed by atoms with E-state index >= 15 is 0 Å². The minimum Gasteiger partial charge on any atom is -0.397 e. The number of nitrogens with two attached hydrogens (primary N) is 1. The van der Waals surface area contributed by atoms with Gasteiger partial charge in [0.1, 0.15) is 4.83 Å². The number of methoxy groups -OCH3 is 1. The van der Waals surface area contributed by atoms with E-state index in [1.165, 1.54) is 0 Å². The quantitative estimate of drug-likeness (QED) is 0.768. The summed E-state index contributed by atoms with van der Waals surface area (Å²) in [4.78, 5) is 9.98. The Hall–Kier alpha value is -1.72. The van der Waals surface area contributed by atoms with Crippen LogP contribution >= 0.6 is 11.3 Å². The summed E-state index contributed by atoms with van der Waals surface area (Å²) >= 11 is 1.59. The molecule has 0 fully saturated rings. The zero-order chi connectivity index (χ0) is 12.7. The molecule has 92 valence electrons. The fourth-order valence-electron chi connectivity index (χ4n) is 2.15. The largest absolute Gasteiger partial charge is 0.397 e. The molecule has 2 N–H and O–H groups in total. The highest BCUT2D eigenvalue weighted by Crippen LogP contribution is 2.36. The van der Waals surface area contributed by atoms with Crippen LogP contribution in [0.2, 0.25) is 0 Å². The Morgan fingerprint density at radius 1 is 1.44 bits per heavy atom. The molecule has 4 nitrogen and oxygen atoms in total. The standard InChI is InChI=1S/C13H13N3OS/c1-7-5-8(6-17-2)10-11-12(18-13(10)16-7)9(14)3-4-15-11/h3-5H,6H2,1-2H3,(H2,14,15). The van der Waals surface area contributed by atoms with Crippen molar-refractivity contribution in [2.24, 2.45) is 0 Å². The van der Waals surface area contributed by atoms with Gasteiger partial charge in [-0.1, -0.05) is 0 Å². The Morgan fingerprint density at radius 3 is 3.06 bits per heavy atom. The van der Waals surface area contributed by atoms with E-state index in [9.17, 15) is 0 Å². The molecule has 0 bridgehead atoms. The zero-order valence-electron chi connectivity index (χ0n) is 10.2. The van der Waals surface area contributed by atoms with E-state index in [2.05, 4.69) is 9.97 Å². The van der Waals surface area contributed by atoms with Crippen LogP contribution in [0.3, 0.4) is 0 Å². The predicted octanol–water partition coefficient (Wildman–Crippen LogP) is 2.88. The molecular weight excluding hydrogens is 246 g/mol. The van der Waals surface area contributed by atoms with Gasteiger partial charge in [0.2, 0.25) is 0 Å². The molecule has 3 aromatic rings. The number of anilines is 1. The van der Waals surface area contributed by atoms with Crippen LogP contribution in [0.15, 0.2) is 18.3 Å². The van der Waals surface area contributed by atoms with Gasteiger partial charge in [0, 0.05) is 24.4 Å². The molecule has 0 radical (unpaired) electrons. The number of nitrogens with zero attached hydrogens (tertiary/aromatic N) is 2. The summed E-state index contributed by atoms with van der Waals surface area (Å²) in [6, 6.07) is 3.86. The molecule has 3 rings (SSSR count). The Labute approximate surface area is 108 Å².